The van der Waals surface area contributed by atoms with Gasteiger partial charge >= 0.3 is 0 Å². The number of anilines is 1. The third-order valence-corrected chi connectivity index (χ3v) is 3.14. The lowest BCUT2D eigenvalue weighted by atomic mass is 10.1. The van der Waals surface area contributed by atoms with E-state index >= 15 is 0 Å². The number of nitrogens with zero attached hydrogens (tertiary/aromatic N) is 2. The normalized spacial score (nSPS) is 11.1. The lowest BCUT2D eigenvalue weighted by molar-refractivity contribution is 0.541. The molecule has 1 aromatic heterocycles. The van der Waals surface area contributed by atoms with Gasteiger partial charge in [0.15, 0.2) is 0 Å². The summed E-state index contributed by atoms with van der Waals surface area (Å²) in [6.07, 6.45) is 3.93. The number of rotatable bonds is 5. The van der Waals surface area contributed by atoms with Crippen molar-refractivity contribution in [3.8, 4) is 0 Å². The zero-order valence-electron chi connectivity index (χ0n) is 11.1. The molecule has 18 heavy (non-hydrogen) atoms. The molecular weight excluding hydrogens is 222 g/mol. The molecular formula is C15H21N3. The van der Waals surface area contributed by atoms with Crippen molar-refractivity contribution in [1.82, 2.24) is 9.78 Å². The molecule has 0 radical (unpaired) electrons. The molecule has 0 atom stereocenters. The third-order valence-electron chi connectivity index (χ3n) is 3.14. The number of aromatic nitrogens is 2. The molecule has 2 N–H and O–H groups in total. The maximum atomic E-state index is 5.94. The lowest BCUT2D eigenvalue weighted by Gasteiger charge is -2.11. The van der Waals surface area contributed by atoms with E-state index in [9.17, 15) is 0 Å². The number of hydrogen-bond donors (Lipinski definition) is 1. The van der Waals surface area contributed by atoms with Crippen LogP contribution in [0.1, 0.15) is 37.4 Å². The summed E-state index contributed by atoms with van der Waals surface area (Å²) in [5, 5.41) is 4.36. The molecule has 1 heterocycles. The Labute approximate surface area is 109 Å². The van der Waals surface area contributed by atoms with Crippen LogP contribution in [0.5, 0.6) is 0 Å². The first-order valence-electron chi connectivity index (χ1n) is 6.53. The van der Waals surface area contributed by atoms with E-state index in [1.807, 2.05) is 4.68 Å². The minimum Gasteiger partial charge on any atom is -0.396 e. The Morgan fingerprint density at radius 2 is 1.94 bits per heavy atom. The summed E-state index contributed by atoms with van der Waals surface area (Å²) in [5.41, 5.74) is 9.29. The summed E-state index contributed by atoms with van der Waals surface area (Å²) in [5.74, 6) is 0.421. The number of hydrogen-bond acceptors (Lipinski definition) is 2. The van der Waals surface area contributed by atoms with Crippen LogP contribution in [0.4, 0.5) is 5.69 Å². The molecule has 0 saturated carbocycles. The molecule has 0 fully saturated rings. The molecule has 0 aliphatic rings. The van der Waals surface area contributed by atoms with Crippen LogP contribution in [0.15, 0.2) is 36.5 Å². The molecule has 0 aliphatic carbocycles. The molecule has 96 valence electrons. The summed E-state index contributed by atoms with van der Waals surface area (Å²) in [7, 11) is 0. The molecule has 0 bridgehead atoms. The summed E-state index contributed by atoms with van der Waals surface area (Å²) in [4.78, 5) is 0. The van der Waals surface area contributed by atoms with Crippen LogP contribution in [0.2, 0.25) is 0 Å². The van der Waals surface area contributed by atoms with E-state index in [2.05, 4.69) is 49.3 Å². The first-order valence-corrected chi connectivity index (χ1v) is 6.53. The van der Waals surface area contributed by atoms with Gasteiger partial charge in [0.25, 0.3) is 0 Å². The fraction of sp³-hybridized carbons (Fsp3) is 0.400. The van der Waals surface area contributed by atoms with Crippen LogP contribution in [0.3, 0.4) is 0 Å². The Morgan fingerprint density at radius 1 is 1.22 bits per heavy atom. The fourth-order valence-electron chi connectivity index (χ4n) is 2.30. The van der Waals surface area contributed by atoms with E-state index < -0.39 is 0 Å². The minimum atomic E-state index is 0.421. The van der Waals surface area contributed by atoms with E-state index in [1.165, 1.54) is 5.56 Å². The van der Waals surface area contributed by atoms with Gasteiger partial charge in [-0.1, -0.05) is 44.2 Å². The average Bonchev–Trinajstić information content (AvgIpc) is 2.72. The van der Waals surface area contributed by atoms with Crippen LogP contribution >= 0.6 is 0 Å². The standard InChI is InChI=1S/C15H21N3/c1-12(2)15-14(16)11-17-18(15)10-6-9-13-7-4-3-5-8-13/h3-5,7-8,11-12H,6,9-10,16H2,1-2H3. The predicted molar refractivity (Wildman–Crippen MR) is 75.5 cm³/mol. The lowest BCUT2D eigenvalue weighted by Crippen LogP contribution is -2.08. The maximum Gasteiger partial charge on any atom is 0.0735 e. The van der Waals surface area contributed by atoms with Gasteiger partial charge in [-0.25, -0.2) is 0 Å². The Balaban J connectivity index is 1.95. The zero-order chi connectivity index (χ0) is 13.0. The SMILES string of the molecule is CC(C)c1c(N)cnn1CCCc1ccccc1. The second kappa shape index (κ2) is 5.71. The molecule has 0 amide bonds. The largest absolute Gasteiger partial charge is 0.396 e. The van der Waals surface area contributed by atoms with Gasteiger partial charge in [0.1, 0.15) is 0 Å². The molecule has 2 rings (SSSR count). The molecule has 0 saturated heterocycles. The van der Waals surface area contributed by atoms with Crippen LogP contribution in [-0.4, -0.2) is 9.78 Å². The molecule has 3 nitrogen and oxygen atoms in total. The highest BCUT2D eigenvalue weighted by atomic mass is 15.3. The second-order valence-electron chi connectivity index (χ2n) is 4.95. The molecule has 1 aromatic carbocycles. The average molecular weight is 243 g/mol. The molecule has 3 heteroatoms. The van der Waals surface area contributed by atoms with Gasteiger partial charge in [0, 0.05) is 6.54 Å². The number of nitrogen functional groups attached to an aromatic ring is 1. The zero-order valence-corrected chi connectivity index (χ0v) is 11.1. The van der Waals surface area contributed by atoms with Crippen LogP contribution < -0.4 is 5.73 Å². The summed E-state index contributed by atoms with van der Waals surface area (Å²) in [6, 6.07) is 10.6. The first-order chi connectivity index (χ1) is 8.68. The molecule has 0 aliphatic heterocycles. The third kappa shape index (κ3) is 2.92. The fourth-order valence-corrected chi connectivity index (χ4v) is 2.30. The minimum absolute atomic E-state index is 0.421. The summed E-state index contributed by atoms with van der Waals surface area (Å²) >= 11 is 0. The highest BCUT2D eigenvalue weighted by Gasteiger charge is 2.11. The van der Waals surface area contributed by atoms with Crippen molar-refractivity contribution >= 4 is 5.69 Å². The van der Waals surface area contributed by atoms with Crippen molar-refractivity contribution < 1.29 is 0 Å². The smallest absolute Gasteiger partial charge is 0.0735 e. The quantitative estimate of drug-likeness (QED) is 0.876. The van der Waals surface area contributed by atoms with Crippen molar-refractivity contribution in [2.45, 2.75) is 39.2 Å². The van der Waals surface area contributed by atoms with E-state index in [4.69, 9.17) is 5.73 Å². The monoisotopic (exact) mass is 243 g/mol. The van der Waals surface area contributed by atoms with Gasteiger partial charge in [-0.05, 0) is 24.3 Å². The van der Waals surface area contributed by atoms with Crippen LogP contribution in [-0.2, 0) is 13.0 Å². The van der Waals surface area contributed by atoms with Gasteiger partial charge in [-0.3, -0.25) is 4.68 Å². The van der Waals surface area contributed by atoms with E-state index in [-0.39, 0.29) is 0 Å². The Hall–Kier alpha value is -1.77. The van der Waals surface area contributed by atoms with Crippen molar-refractivity contribution in [2.24, 2.45) is 0 Å². The molecule has 2 aromatic rings. The second-order valence-corrected chi connectivity index (χ2v) is 4.95. The molecule has 0 spiro atoms. The van der Waals surface area contributed by atoms with Crippen LogP contribution in [0.25, 0.3) is 0 Å². The first kappa shape index (κ1) is 12.7. The van der Waals surface area contributed by atoms with Gasteiger partial charge in [0.05, 0.1) is 17.6 Å². The van der Waals surface area contributed by atoms with Crippen LogP contribution in [0, 0.1) is 0 Å². The van der Waals surface area contributed by atoms with Gasteiger partial charge in [0.2, 0.25) is 0 Å². The summed E-state index contributed by atoms with van der Waals surface area (Å²) in [6.45, 7) is 5.24. The van der Waals surface area contributed by atoms with E-state index in [0.717, 1.165) is 30.8 Å². The van der Waals surface area contributed by atoms with Crippen molar-refractivity contribution in [2.75, 3.05) is 5.73 Å². The van der Waals surface area contributed by atoms with Gasteiger partial charge in [-0.2, -0.15) is 5.10 Å². The summed E-state index contributed by atoms with van der Waals surface area (Å²) < 4.78 is 2.04. The number of aryl methyl sites for hydroxylation is 2. The Bertz CT molecular complexity index is 486. The van der Waals surface area contributed by atoms with Crippen molar-refractivity contribution in [3.63, 3.8) is 0 Å². The van der Waals surface area contributed by atoms with E-state index in [0.29, 0.717) is 5.92 Å². The Kier molecular flexibility index (Phi) is 4.03. The van der Waals surface area contributed by atoms with E-state index in [1.54, 1.807) is 6.20 Å². The number of benzene rings is 1. The van der Waals surface area contributed by atoms with Crippen molar-refractivity contribution in [3.05, 3.63) is 47.8 Å². The topological polar surface area (TPSA) is 43.8 Å². The van der Waals surface area contributed by atoms with Gasteiger partial charge < -0.3 is 5.73 Å². The molecule has 0 unspecified atom stereocenters. The van der Waals surface area contributed by atoms with Gasteiger partial charge in [-0.15, -0.1) is 0 Å². The highest BCUT2D eigenvalue weighted by molar-refractivity contribution is 5.42. The predicted octanol–water partition coefficient (Wildman–Crippen LogP) is 3.22. The maximum absolute atomic E-state index is 5.94. The Morgan fingerprint density at radius 3 is 2.61 bits per heavy atom. The highest BCUT2D eigenvalue weighted by Crippen LogP contribution is 2.21. The van der Waals surface area contributed by atoms with Crippen molar-refractivity contribution in [1.29, 1.82) is 0 Å². The number of nitrogens with two attached hydrogens (primary N) is 1.